The molecule has 0 atom stereocenters. The summed E-state index contributed by atoms with van der Waals surface area (Å²) in [4.78, 5) is 2.52. The molecule has 170 valence electrons. The highest BCUT2D eigenvalue weighted by Gasteiger charge is 2.29. The van der Waals surface area contributed by atoms with Crippen molar-refractivity contribution in [1.29, 1.82) is 0 Å². The van der Waals surface area contributed by atoms with Gasteiger partial charge in [0, 0.05) is 12.5 Å². The van der Waals surface area contributed by atoms with Crippen LogP contribution in [0.3, 0.4) is 0 Å². The lowest BCUT2D eigenvalue weighted by Crippen LogP contribution is -2.35. The fraction of sp³-hybridized carbons (Fsp3) is 0.241. The van der Waals surface area contributed by atoms with E-state index in [9.17, 15) is 8.78 Å². The molecular weight excluding hydrogens is 436 g/mol. The molecule has 0 spiro atoms. The van der Waals surface area contributed by atoms with Crippen molar-refractivity contribution in [3.05, 3.63) is 119 Å². The topological polar surface area (TPSA) is 3.24 Å². The zero-order chi connectivity index (χ0) is 21.9. The van der Waals surface area contributed by atoms with Gasteiger partial charge in [0.25, 0.3) is 0 Å². The molecule has 1 nitrogen and oxygen atoms in total. The Balaban J connectivity index is 0.00000259. The molecule has 1 saturated heterocycles. The molecule has 1 aliphatic heterocycles. The van der Waals surface area contributed by atoms with Crippen molar-refractivity contribution in [2.45, 2.75) is 25.3 Å². The standard InChI is InChI=1S/C29H27F2N.ClH/c30-27-11-7-23(8-12-27)29(24-9-13-28(31)14-10-24)25-15-17-32(18-16-25)20-21-5-6-22-3-1-2-4-26(22)19-21;/h1-14,19,25,29H,15-18,20H2;1H. The highest BCUT2D eigenvalue weighted by molar-refractivity contribution is 5.85. The minimum atomic E-state index is -0.225. The molecule has 0 aromatic heterocycles. The number of piperidine rings is 1. The Bertz CT molecular complexity index is 1140. The molecule has 0 radical (unpaired) electrons. The number of rotatable bonds is 5. The third kappa shape index (κ3) is 5.43. The number of fused-ring (bicyclic) bond motifs is 1. The molecule has 4 heteroatoms. The summed E-state index contributed by atoms with van der Waals surface area (Å²) in [5.41, 5.74) is 3.55. The van der Waals surface area contributed by atoms with Gasteiger partial charge in [-0.1, -0.05) is 60.7 Å². The van der Waals surface area contributed by atoms with E-state index in [4.69, 9.17) is 0 Å². The maximum Gasteiger partial charge on any atom is 0.123 e. The summed E-state index contributed by atoms with van der Waals surface area (Å²) < 4.78 is 27.1. The van der Waals surface area contributed by atoms with E-state index in [2.05, 4.69) is 47.4 Å². The molecule has 0 N–H and O–H groups in total. The molecular formula is C29H28ClF2N. The summed E-state index contributed by atoms with van der Waals surface area (Å²) in [5.74, 6) is 0.145. The molecule has 0 aliphatic carbocycles. The summed E-state index contributed by atoms with van der Waals surface area (Å²) in [5, 5.41) is 2.56. The largest absolute Gasteiger partial charge is 0.299 e. The molecule has 0 amide bonds. The van der Waals surface area contributed by atoms with Crippen LogP contribution in [0.5, 0.6) is 0 Å². The molecule has 4 aromatic rings. The number of hydrogen-bond donors (Lipinski definition) is 0. The van der Waals surface area contributed by atoms with Crippen LogP contribution >= 0.6 is 12.4 Å². The summed E-state index contributed by atoms with van der Waals surface area (Å²) in [7, 11) is 0. The van der Waals surface area contributed by atoms with E-state index in [0.29, 0.717) is 5.92 Å². The van der Waals surface area contributed by atoms with E-state index < -0.39 is 0 Å². The molecule has 4 aromatic carbocycles. The first-order chi connectivity index (χ1) is 15.7. The van der Waals surface area contributed by atoms with Gasteiger partial charge in [-0.2, -0.15) is 0 Å². The molecule has 0 saturated carbocycles. The van der Waals surface area contributed by atoms with Gasteiger partial charge in [0.2, 0.25) is 0 Å². The quantitative estimate of drug-likeness (QED) is 0.295. The van der Waals surface area contributed by atoms with Crippen molar-refractivity contribution in [1.82, 2.24) is 4.90 Å². The minimum Gasteiger partial charge on any atom is -0.299 e. The van der Waals surface area contributed by atoms with E-state index in [1.165, 1.54) is 40.6 Å². The monoisotopic (exact) mass is 463 g/mol. The van der Waals surface area contributed by atoms with Crippen LogP contribution in [-0.2, 0) is 6.54 Å². The average molecular weight is 464 g/mol. The van der Waals surface area contributed by atoms with E-state index in [1.807, 2.05) is 24.3 Å². The molecule has 1 heterocycles. The van der Waals surface area contributed by atoms with Gasteiger partial charge in [-0.25, -0.2) is 8.78 Å². The first-order valence-corrected chi connectivity index (χ1v) is 11.4. The van der Waals surface area contributed by atoms with Crippen LogP contribution in [0.2, 0.25) is 0 Å². The van der Waals surface area contributed by atoms with Crippen molar-refractivity contribution in [3.8, 4) is 0 Å². The van der Waals surface area contributed by atoms with Crippen molar-refractivity contribution in [2.75, 3.05) is 13.1 Å². The Morgan fingerprint density at radius 1 is 0.697 bits per heavy atom. The fourth-order valence-electron chi connectivity index (χ4n) is 5.12. The van der Waals surface area contributed by atoms with Gasteiger partial charge in [0.15, 0.2) is 0 Å². The van der Waals surface area contributed by atoms with Gasteiger partial charge in [-0.15, -0.1) is 12.4 Å². The summed E-state index contributed by atoms with van der Waals surface area (Å²) in [6, 6.07) is 28.8. The Morgan fingerprint density at radius 3 is 1.82 bits per heavy atom. The van der Waals surface area contributed by atoms with Crippen LogP contribution in [0.15, 0.2) is 91.0 Å². The number of nitrogens with zero attached hydrogens (tertiary/aromatic N) is 1. The highest BCUT2D eigenvalue weighted by Crippen LogP contribution is 2.38. The molecule has 5 rings (SSSR count). The van der Waals surface area contributed by atoms with Crippen molar-refractivity contribution < 1.29 is 8.78 Å². The number of benzene rings is 4. The van der Waals surface area contributed by atoms with Crippen molar-refractivity contribution >= 4 is 23.2 Å². The van der Waals surface area contributed by atoms with E-state index >= 15 is 0 Å². The van der Waals surface area contributed by atoms with Crippen molar-refractivity contribution in [2.24, 2.45) is 5.92 Å². The Morgan fingerprint density at radius 2 is 1.24 bits per heavy atom. The third-order valence-corrected chi connectivity index (χ3v) is 6.78. The SMILES string of the molecule is Cl.Fc1ccc(C(c2ccc(F)cc2)C2CCN(Cc3ccc4ccccc4c3)CC2)cc1. The maximum absolute atomic E-state index is 13.5. The lowest BCUT2D eigenvalue weighted by atomic mass is 9.76. The first kappa shape index (κ1) is 23.4. The molecule has 33 heavy (non-hydrogen) atoms. The normalized spacial score (nSPS) is 15.0. The second-order valence-electron chi connectivity index (χ2n) is 8.88. The summed E-state index contributed by atoms with van der Waals surface area (Å²) in [6.45, 7) is 3.00. The maximum atomic E-state index is 13.5. The van der Waals surface area contributed by atoms with Gasteiger partial charge in [-0.3, -0.25) is 4.90 Å². The average Bonchev–Trinajstić information content (AvgIpc) is 2.83. The molecule has 0 unspecified atom stereocenters. The van der Waals surface area contributed by atoms with Gasteiger partial charge in [0.1, 0.15) is 11.6 Å². The van der Waals surface area contributed by atoms with Gasteiger partial charge < -0.3 is 0 Å². The summed E-state index contributed by atoms with van der Waals surface area (Å²) in [6.07, 6.45) is 2.13. The highest BCUT2D eigenvalue weighted by atomic mass is 35.5. The summed E-state index contributed by atoms with van der Waals surface area (Å²) >= 11 is 0. The third-order valence-electron chi connectivity index (χ3n) is 6.78. The Kier molecular flexibility index (Phi) is 7.42. The predicted octanol–water partition coefficient (Wildman–Crippen LogP) is 7.58. The van der Waals surface area contributed by atoms with Crippen LogP contribution < -0.4 is 0 Å². The zero-order valence-electron chi connectivity index (χ0n) is 18.5. The van der Waals surface area contributed by atoms with E-state index in [-0.39, 0.29) is 30.0 Å². The van der Waals surface area contributed by atoms with Gasteiger partial charge in [-0.05, 0) is 89.6 Å². The van der Waals surface area contributed by atoms with Crippen molar-refractivity contribution in [3.63, 3.8) is 0 Å². The molecule has 0 bridgehead atoms. The van der Waals surface area contributed by atoms with Crippen LogP contribution in [0, 0.1) is 17.6 Å². The number of hydrogen-bond acceptors (Lipinski definition) is 1. The van der Waals surface area contributed by atoms with Crippen LogP contribution in [0.4, 0.5) is 8.78 Å². The van der Waals surface area contributed by atoms with E-state index in [1.54, 1.807) is 0 Å². The fourth-order valence-corrected chi connectivity index (χ4v) is 5.12. The predicted molar refractivity (Wildman–Crippen MR) is 134 cm³/mol. The lowest BCUT2D eigenvalue weighted by molar-refractivity contribution is 0.168. The second kappa shape index (κ2) is 10.5. The van der Waals surface area contributed by atoms with Crippen LogP contribution in [-0.4, -0.2) is 18.0 Å². The minimum absolute atomic E-state index is 0. The van der Waals surface area contributed by atoms with Crippen LogP contribution in [0.25, 0.3) is 10.8 Å². The molecule has 1 aliphatic rings. The Labute approximate surface area is 200 Å². The lowest BCUT2D eigenvalue weighted by Gasteiger charge is -2.36. The van der Waals surface area contributed by atoms with Crippen LogP contribution in [0.1, 0.15) is 35.4 Å². The Hall–Kier alpha value is -2.75. The van der Waals surface area contributed by atoms with Gasteiger partial charge >= 0.3 is 0 Å². The first-order valence-electron chi connectivity index (χ1n) is 11.4. The second-order valence-corrected chi connectivity index (χ2v) is 8.88. The van der Waals surface area contributed by atoms with E-state index in [0.717, 1.165) is 43.6 Å². The number of likely N-dealkylation sites (tertiary alicyclic amines) is 1. The zero-order valence-corrected chi connectivity index (χ0v) is 19.3. The molecule has 1 fully saturated rings. The number of halogens is 3. The van der Waals surface area contributed by atoms with Gasteiger partial charge in [0.05, 0.1) is 0 Å². The smallest absolute Gasteiger partial charge is 0.123 e.